The highest BCUT2D eigenvalue weighted by atomic mass is 32.1. The average molecular weight is 345 g/mol. The van der Waals surface area contributed by atoms with Gasteiger partial charge in [-0.15, -0.1) is 11.3 Å². The average Bonchev–Trinajstić information content (AvgIpc) is 3.21. The van der Waals surface area contributed by atoms with Gasteiger partial charge in [0.1, 0.15) is 0 Å². The highest BCUT2D eigenvalue weighted by Gasteiger charge is 2.43. The molecule has 1 aliphatic heterocycles. The van der Waals surface area contributed by atoms with E-state index in [4.69, 9.17) is 9.47 Å². The van der Waals surface area contributed by atoms with Crippen molar-refractivity contribution in [2.24, 2.45) is 5.92 Å². The summed E-state index contributed by atoms with van der Waals surface area (Å²) in [7, 11) is 0. The minimum absolute atomic E-state index is 0.267. The summed E-state index contributed by atoms with van der Waals surface area (Å²) in [6.45, 7) is 5.68. The van der Waals surface area contributed by atoms with Crippen molar-refractivity contribution in [3.63, 3.8) is 0 Å². The molecule has 6 heteroatoms. The predicted octanol–water partition coefficient (Wildman–Crippen LogP) is 2.90. The van der Waals surface area contributed by atoms with Gasteiger partial charge < -0.3 is 9.47 Å². The monoisotopic (exact) mass is 345 g/mol. The smallest absolute Gasteiger partial charge is 0.316 e. The predicted molar refractivity (Wildman–Crippen MR) is 93.2 cm³/mol. The second-order valence-electron chi connectivity index (χ2n) is 6.57. The number of hydrogen-bond acceptors (Lipinski definition) is 6. The Hall–Kier alpha value is -1.50. The molecule has 0 amide bonds. The number of thiophene rings is 1. The van der Waals surface area contributed by atoms with E-state index in [1.807, 2.05) is 11.3 Å². The minimum atomic E-state index is 0.267. The third kappa shape index (κ3) is 3.45. The molecule has 2 aromatic heterocycles. The summed E-state index contributed by atoms with van der Waals surface area (Å²) in [6.07, 6.45) is 6.01. The van der Waals surface area contributed by atoms with Gasteiger partial charge in [-0.25, -0.2) is 9.97 Å². The van der Waals surface area contributed by atoms with Crippen LogP contribution in [0.5, 0.6) is 6.01 Å². The van der Waals surface area contributed by atoms with Crippen molar-refractivity contribution in [2.45, 2.75) is 38.5 Å². The molecule has 3 atom stereocenters. The van der Waals surface area contributed by atoms with E-state index in [2.05, 4.69) is 33.9 Å². The van der Waals surface area contributed by atoms with Crippen LogP contribution >= 0.6 is 11.3 Å². The normalized spacial score (nSPS) is 27.1. The number of nitrogens with zero attached hydrogens (tertiary/aromatic N) is 3. The van der Waals surface area contributed by atoms with Crippen molar-refractivity contribution >= 4 is 11.3 Å². The van der Waals surface area contributed by atoms with E-state index in [0.29, 0.717) is 24.6 Å². The van der Waals surface area contributed by atoms with Gasteiger partial charge in [0, 0.05) is 47.2 Å². The van der Waals surface area contributed by atoms with Gasteiger partial charge in [0.25, 0.3) is 0 Å². The van der Waals surface area contributed by atoms with Crippen LogP contribution in [-0.4, -0.2) is 46.8 Å². The zero-order chi connectivity index (χ0) is 16.4. The molecular formula is C18H23N3O2S. The second-order valence-corrected chi connectivity index (χ2v) is 7.94. The maximum absolute atomic E-state index is 6.12. The second kappa shape index (κ2) is 7.17. The fraction of sp³-hybridized carbons (Fsp3) is 0.556. The first-order valence-corrected chi connectivity index (χ1v) is 9.42. The molecule has 0 radical (unpaired) electrons. The number of aromatic nitrogens is 2. The molecule has 24 heavy (non-hydrogen) atoms. The van der Waals surface area contributed by atoms with Gasteiger partial charge in [0.05, 0.1) is 19.3 Å². The highest BCUT2D eigenvalue weighted by molar-refractivity contribution is 7.11. The van der Waals surface area contributed by atoms with Crippen LogP contribution in [0.4, 0.5) is 0 Å². The fourth-order valence-corrected chi connectivity index (χ4v) is 4.74. The summed E-state index contributed by atoms with van der Waals surface area (Å²) in [5.41, 5.74) is 0. The molecule has 0 aromatic carbocycles. The number of fused-ring (bicyclic) bond motifs is 1. The molecule has 3 unspecified atom stereocenters. The lowest BCUT2D eigenvalue weighted by Gasteiger charge is -2.39. The van der Waals surface area contributed by atoms with Crippen LogP contribution in [0.25, 0.3) is 0 Å². The first-order chi connectivity index (χ1) is 11.8. The van der Waals surface area contributed by atoms with Crippen LogP contribution < -0.4 is 4.74 Å². The Morgan fingerprint density at radius 2 is 2.17 bits per heavy atom. The number of hydrogen-bond donors (Lipinski definition) is 0. The van der Waals surface area contributed by atoms with E-state index in [0.717, 1.165) is 26.1 Å². The topological polar surface area (TPSA) is 47.5 Å². The maximum Gasteiger partial charge on any atom is 0.316 e. The largest absolute Gasteiger partial charge is 0.463 e. The molecular weight excluding hydrogens is 322 g/mol. The lowest BCUT2D eigenvalue weighted by molar-refractivity contribution is -0.0817. The summed E-state index contributed by atoms with van der Waals surface area (Å²) < 4.78 is 11.9. The third-order valence-corrected chi connectivity index (χ3v) is 5.94. The minimum Gasteiger partial charge on any atom is -0.463 e. The van der Waals surface area contributed by atoms with E-state index in [9.17, 15) is 0 Å². The van der Waals surface area contributed by atoms with Crippen LogP contribution in [0.3, 0.4) is 0 Å². The SMILES string of the molecule is Cc1ccc(CN2CCOC3C(COc4ncccn4)CCC32)s1. The number of aryl methyl sites for hydroxylation is 1. The Kier molecular flexibility index (Phi) is 4.78. The molecule has 128 valence electrons. The molecule has 4 rings (SSSR count). The van der Waals surface area contributed by atoms with E-state index in [1.54, 1.807) is 18.5 Å². The lowest BCUT2D eigenvalue weighted by Crippen LogP contribution is -2.50. The first kappa shape index (κ1) is 16.0. The fourth-order valence-electron chi connectivity index (χ4n) is 3.82. The molecule has 0 N–H and O–H groups in total. The maximum atomic E-state index is 6.12. The summed E-state index contributed by atoms with van der Waals surface area (Å²) in [5.74, 6) is 0.423. The Morgan fingerprint density at radius 3 is 2.96 bits per heavy atom. The van der Waals surface area contributed by atoms with Crippen LogP contribution in [0, 0.1) is 12.8 Å². The Labute approximate surface area is 146 Å². The van der Waals surface area contributed by atoms with Crippen LogP contribution in [0.2, 0.25) is 0 Å². The Morgan fingerprint density at radius 1 is 1.29 bits per heavy atom. The molecule has 2 aliphatic rings. The van der Waals surface area contributed by atoms with E-state index >= 15 is 0 Å². The van der Waals surface area contributed by atoms with E-state index in [1.165, 1.54) is 16.2 Å². The zero-order valence-electron chi connectivity index (χ0n) is 13.9. The molecule has 1 saturated carbocycles. The third-order valence-electron chi connectivity index (χ3n) is 4.96. The van der Waals surface area contributed by atoms with E-state index < -0.39 is 0 Å². The van der Waals surface area contributed by atoms with Gasteiger partial charge in [-0.2, -0.15) is 0 Å². The summed E-state index contributed by atoms with van der Waals surface area (Å²) >= 11 is 1.90. The van der Waals surface area contributed by atoms with Crippen molar-refractivity contribution < 1.29 is 9.47 Å². The summed E-state index contributed by atoms with van der Waals surface area (Å²) in [5, 5.41) is 0. The highest BCUT2D eigenvalue weighted by Crippen LogP contribution is 2.36. The molecule has 1 aliphatic carbocycles. The van der Waals surface area contributed by atoms with Crippen molar-refractivity contribution in [1.29, 1.82) is 0 Å². The Balaban J connectivity index is 1.37. The van der Waals surface area contributed by atoms with Crippen molar-refractivity contribution in [3.8, 4) is 6.01 Å². The number of morpholine rings is 1. The Bertz CT molecular complexity index is 663. The van der Waals surface area contributed by atoms with E-state index in [-0.39, 0.29) is 6.10 Å². The summed E-state index contributed by atoms with van der Waals surface area (Å²) in [6, 6.07) is 7.23. The molecule has 2 fully saturated rings. The zero-order valence-corrected chi connectivity index (χ0v) is 14.7. The van der Waals surface area contributed by atoms with Crippen molar-refractivity contribution in [3.05, 3.63) is 40.3 Å². The molecule has 0 spiro atoms. The van der Waals surface area contributed by atoms with Gasteiger partial charge in [-0.05, 0) is 38.0 Å². The van der Waals surface area contributed by atoms with Crippen LogP contribution in [0.1, 0.15) is 22.6 Å². The van der Waals surface area contributed by atoms with Crippen molar-refractivity contribution in [2.75, 3.05) is 19.8 Å². The van der Waals surface area contributed by atoms with Gasteiger partial charge in [-0.3, -0.25) is 4.90 Å². The summed E-state index contributed by atoms with van der Waals surface area (Å²) in [4.78, 5) is 13.7. The van der Waals surface area contributed by atoms with Crippen molar-refractivity contribution in [1.82, 2.24) is 14.9 Å². The van der Waals surface area contributed by atoms with Gasteiger partial charge in [0.2, 0.25) is 0 Å². The molecule has 0 bridgehead atoms. The number of rotatable bonds is 5. The van der Waals surface area contributed by atoms with Gasteiger partial charge >= 0.3 is 6.01 Å². The quantitative estimate of drug-likeness (QED) is 0.834. The standard InChI is InChI=1S/C18H23N3O2S/c1-13-3-5-15(24-13)11-21-9-10-22-17-14(4-6-16(17)21)12-23-18-19-7-2-8-20-18/h2-3,5,7-8,14,16-17H,4,6,9-12H2,1H3. The lowest BCUT2D eigenvalue weighted by atomic mass is 10.0. The van der Waals surface area contributed by atoms with Crippen LogP contribution in [0.15, 0.2) is 30.6 Å². The number of ether oxygens (including phenoxy) is 2. The van der Waals surface area contributed by atoms with Crippen LogP contribution in [-0.2, 0) is 11.3 Å². The first-order valence-electron chi connectivity index (χ1n) is 8.60. The molecule has 5 nitrogen and oxygen atoms in total. The molecule has 3 heterocycles. The van der Waals surface area contributed by atoms with Gasteiger partial charge in [0.15, 0.2) is 0 Å². The molecule has 1 saturated heterocycles. The van der Waals surface area contributed by atoms with Gasteiger partial charge in [-0.1, -0.05) is 0 Å². The molecule has 2 aromatic rings.